The lowest BCUT2D eigenvalue weighted by molar-refractivity contribution is 0.0524. The highest BCUT2D eigenvalue weighted by molar-refractivity contribution is 5.90. The minimum Gasteiger partial charge on any atom is -0.462 e. The Hall–Kier alpha value is -1.42. The Morgan fingerprint density at radius 3 is 3.07 bits per heavy atom. The van der Waals surface area contributed by atoms with Crippen molar-refractivity contribution in [3.05, 3.63) is 29.6 Å². The highest BCUT2D eigenvalue weighted by atomic mass is 16.5. The fourth-order valence-electron chi connectivity index (χ4n) is 1.17. The number of esters is 1. The van der Waals surface area contributed by atoms with Crippen molar-refractivity contribution in [1.82, 2.24) is 4.98 Å². The Morgan fingerprint density at radius 1 is 1.64 bits per heavy atom. The number of carbonyl (C=O) groups excluding carboxylic acids is 1. The van der Waals surface area contributed by atoms with Crippen LogP contribution >= 0.6 is 0 Å². The van der Waals surface area contributed by atoms with Crippen molar-refractivity contribution in [3.8, 4) is 0 Å². The zero-order valence-electron chi connectivity index (χ0n) is 8.19. The third-order valence-corrected chi connectivity index (χ3v) is 1.77. The maximum absolute atomic E-state index is 11.4. The number of pyridine rings is 1. The van der Waals surface area contributed by atoms with Crippen LogP contribution in [-0.2, 0) is 11.2 Å². The number of aromatic nitrogens is 1. The maximum atomic E-state index is 11.4. The number of hydrogen-bond acceptors (Lipinski definition) is 4. The van der Waals surface area contributed by atoms with Crippen molar-refractivity contribution in [2.75, 3.05) is 13.2 Å². The van der Waals surface area contributed by atoms with E-state index in [1.54, 1.807) is 25.3 Å². The van der Waals surface area contributed by atoms with Gasteiger partial charge in [-0.3, -0.25) is 4.98 Å². The molecule has 0 atom stereocenters. The summed E-state index contributed by atoms with van der Waals surface area (Å²) in [4.78, 5) is 15.5. The lowest BCUT2D eigenvalue weighted by Gasteiger charge is -2.05. The van der Waals surface area contributed by atoms with E-state index in [0.717, 1.165) is 0 Å². The van der Waals surface area contributed by atoms with E-state index in [9.17, 15) is 4.79 Å². The largest absolute Gasteiger partial charge is 0.462 e. The molecule has 0 radical (unpaired) electrons. The van der Waals surface area contributed by atoms with Gasteiger partial charge in [0.25, 0.3) is 0 Å². The third-order valence-electron chi connectivity index (χ3n) is 1.77. The van der Waals surface area contributed by atoms with Crippen molar-refractivity contribution in [2.24, 2.45) is 5.73 Å². The standard InChI is InChI=1S/C10H14N2O2/c1-2-14-10(13)8-4-3-7-12-9(8)5-6-11/h3-4,7H,2,5-6,11H2,1H3. The first kappa shape index (κ1) is 10.7. The van der Waals surface area contributed by atoms with Gasteiger partial charge < -0.3 is 10.5 Å². The first-order valence-electron chi connectivity index (χ1n) is 4.60. The summed E-state index contributed by atoms with van der Waals surface area (Å²) in [6, 6.07) is 3.42. The fourth-order valence-corrected chi connectivity index (χ4v) is 1.17. The quantitative estimate of drug-likeness (QED) is 0.719. The van der Waals surface area contributed by atoms with E-state index in [4.69, 9.17) is 10.5 Å². The maximum Gasteiger partial charge on any atom is 0.339 e. The zero-order chi connectivity index (χ0) is 10.4. The summed E-state index contributed by atoms with van der Waals surface area (Å²) in [5, 5.41) is 0. The van der Waals surface area contributed by atoms with E-state index < -0.39 is 0 Å². The minimum atomic E-state index is -0.330. The molecule has 0 aromatic carbocycles. The minimum absolute atomic E-state index is 0.330. The predicted molar refractivity (Wildman–Crippen MR) is 53.0 cm³/mol. The molecule has 76 valence electrons. The van der Waals surface area contributed by atoms with Crippen LogP contribution in [0, 0.1) is 0 Å². The van der Waals surface area contributed by atoms with Crippen LogP contribution in [0.3, 0.4) is 0 Å². The second-order valence-corrected chi connectivity index (χ2v) is 2.76. The predicted octanol–water partition coefficient (Wildman–Crippen LogP) is 0.760. The molecule has 0 fully saturated rings. The summed E-state index contributed by atoms with van der Waals surface area (Å²) in [6.45, 7) is 2.62. The molecule has 0 aliphatic carbocycles. The SMILES string of the molecule is CCOC(=O)c1cccnc1CCN. The molecular weight excluding hydrogens is 180 g/mol. The van der Waals surface area contributed by atoms with Crippen molar-refractivity contribution >= 4 is 5.97 Å². The molecule has 0 bridgehead atoms. The third kappa shape index (κ3) is 2.53. The first-order chi connectivity index (χ1) is 6.79. The molecule has 1 aromatic rings. The Labute approximate surface area is 83.1 Å². The van der Waals surface area contributed by atoms with Crippen LogP contribution < -0.4 is 5.73 Å². The number of ether oxygens (including phenoxy) is 1. The molecule has 4 nitrogen and oxygen atoms in total. The fraction of sp³-hybridized carbons (Fsp3) is 0.400. The molecule has 1 aromatic heterocycles. The van der Waals surface area contributed by atoms with Crippen molar-refractivity contribution < 1.29 is 9.53 Å². The number of rotatable bonds is 4. The molecule has 1 heterocycles. The van der Waals surface area contributed by atoms with E-state index in [2.05, 4.69) is 4.98 Å². The van der Waals surface area contributed by atoms with Crippen molar-refractivity contribution in [3.63, 3.8) is 0 Å². The van der Waals surface area contributed by atoms with Crippen LogP contribution in [0.2, 0.25) is 0 Å². The molecule has 0 saturated heterocycles. The van der Waals surface area contributed by atoms with Crippen LogP contribution in [0.5, 0.6) is 0 Å². The summed E-state index contributed by atoms with van der Waals surface area (Å²) in [5.41, 5.74) is 6.63. The highest BCUT2D eigenvalue weighted by Gasteiger charge is 2.11. The first-order valence-corrected chi connectivity index (χ1v) is 4.60. The smallest absolute Gasteiger partial charge is 0.339 e. The second kappa shape index (κ2) is 5.34. The van der Waals surface area contributed by atoms with Crippen LogP contribution in [0.1, 0.15) is 23.0 Å². The van der Waals surface area contributed by atoms with Crippen LogP contribution in [0.4, 0.5) is 0 Å². The van der Waals surface area contributed by atoms with Gasteiger partial charge >= 0.3 is 5.97 Å². The van der Waals surface area contributed by atoms with Gasteiger partial charge in [-0.2, -0.15) is 0 Å². The number of hydrogen-bond donors (Lipinski definition) is 1. The lowest BCUT2D eigenvalue weighted by Crippen LogP contribution is -2.12. The molecule has 0 amide bonds. The van der Waals surface area contributed by atoms with E-state index in [-0.39, 0.29) is 5.97 Å². The molecule has 2 N–H and O–H groups in total. The number of carbonyl (C=O) groups is 1. The molecule has 14 heavy (non-hydrogen) atoms. The normalized spacial score (nSPS) is 9.86. The van der Waals surface area contributed by atoms with Gasteiger partial charge in [0.1, 0.15) is 0 Å². The van der Waals surface area contributed by atoms with Gasteiger partial charge in [-0.25, -0.2) is 4.79 Å². The second-order valence-electron chi connectivity index (χ2n) is 2.76. The summed E-state index contributed by atoms with van der Waals surface area (Å²) >= 11 is 0. The summed E-state index contributed by atoms with van der Waals surface area (Å²) in [7, 11) is 0. The molecule has 0 saturated carbocycles. The molecule has 1 rings (SSSR count). The molecule has 0 unspecified atom stereocenters. The average Bonchev–Trinajstić information content (AvgIpc) is 2.19. The van der Waals surface area contributed by atoms with E-state index in [1.807, 2.05) is 0 Å². The van der Waals surface area contributed by atoms with Gasteiger partial charge in [-0.05, 0) is 25.6 Å². The number of nitrogens with zero attached hydrogens (tertiary/aromatic N) is 1. The number of nitrogens with two attached hydrogens (primary N) is 1. The highest BCUT2D eigenvalue weighted by Crippen LogP contribution is 2.07. The van der Waals surface area contributed by atoms with Gasteiger partial charge in [0, 0.05) is 12.6 Å². The monoisotopic (exact) mass is 194 g/mol. The average molecular weight is 194 g/mol. The Kier molecular flexibility index (Phi) is 4.07. The Balaban J connectivity index is 2.88. The molecule has 4 heteroatoms. The Bertz CT molecular complexity index is 313. The van der Waals surface area contributed by atoms with E-state index in [1.165, 1.54) is 0 Å². The summed E-state index contributed by atoms with van der Waals surface area (Å²) in [6.07, 6.45) is 2.24. The molecule has 0 spiro atoms. The summed E-state index contributed by atoms with van der Waals surface area (Å²) in [5.74, 6) is -0.330. The van der Waals surface area contributed by atoms with Gasteiger partial charge in [-0.1, -0.05) is 0 Å². The topological polar surface area (TPSA) is 65.2 Å². The van der Waals surface area contributed by atoms with Gasteiger partial charge in [-0.15, -0.1) is 0 Å². The summed E-state index contributed by atoms with van der Waals surface area (Å²) < 4.78 is 4.90. The van der Waals surface area contributed by atoms with Crippen LogP contribution in [0.15, 0.2) is 18.3 Å². The lowest BCUT2D eigenvalue weighted by atomic mass is 10.1. The van der Waals surface area contributed by atoms with Gasteiger partial charge in [0.05, 0.1) is 17.9 Å². The molecule has 0 aliphatic rings. The van der Waals surface area contributed by atoms with Gasteiger partial charge in [0.15, 0.2) is 0 Å². The molecular formula is C10H14N2O2. The van der Waals surface area contributed by atoms with Crippen molar-refractivity contribution in [1.29, 1.82) is 0 Å². The van der Waals surface area contributed by atoms with Crippen LogP contribution in [0.25, 0.3) is 0 Å². The van der Waals surface area contributed by atoms with Crippen molar-refractivity contribution in [2.45, 2.75) is 13.3 Å². The van der Waals surface area contributed by atoms with E-state index in [0.29, 0.717) is 30.8 Å². The van der Waals surface area contributed by atoms with Crippen LogP contribution in [-0.4, -0.2) is 24.1 Å². The Morgan fingerprint density at radius 2 is 2.43 bits per heavy atom. The molecule has 0 aliphatic heterocycles. The zero-order valence-corrected chi connectivity index (χ0v) is 8.19. The van der Waals surface area contributed by atoms with E-state index >= 15 is 0 Å². The van der Waals surface area contributed by atoms with Gasteiger partial charge in [0.2, 0.25) is 0 Å².